The summed E-state index contributed by atoms with van der Waals surface area (Å²) < 4.78 is 6.61. The lowest BCUT2D eigenvalue weighted by atomic mass is 10.2. The SMILES string of the molecule is Cc1ccc(OCc2cc(Cl)ccn2)c(Br)c1. The van der Waals surface area contributed by atoms with Crippen molar-refractivity contribution in [2.24, 2.45) is 0 Å². The normalized spacial score (nSPS) is 10.3. The lowest BCUT2D eigenvalue weighted by Gasteiger charge is -2.08. The van der Waals surface area contributed by atoms with Gasteiger partial charge in [0.1, 0.15) is 12.4 Å². The van der Waals surface area contributed by atoms with Gasteiger partial charge in [0.2, 0.25) is 0 Å². The van der Waals surface area contributed by atoms with Gasteiger partial charge in [-0.25, -0.2) is 0 Å². The largest absolute Gasteiger partial charge is 0.486 e. The van der Waals surface area contributed by atoms with E-state index in [0.29, 0.717) is 11.6 Å². The van der Waals surface area contributed by atoms with Gasteiger partial charge in [-0.05, 0) is 52.7 Å². The van der Waals surface area contributed by atoms with E-state index < -0.39 is 0 Å². The van der Waals surface area contributed by atoms with Gasteiger partial charge < -0.3 is 4.74 Å². The van der Waals surface area contributed by atoms with Crippen LogP contribution in [0.25, 0.3) is 0 Å². The maximum atomic E-state index is 5.87. The standard InChI is InChI=1S/C13H11BrClNO/c1-9-2-3-13(12(14)6-9)17-8-11-7-10(15)4-5-16-11/h2-7H,8H2,1H3. The highest BCUT2D eigenvalue weighted by Crippen LogP contribution is 2.26. The van der Waals surface area contributed by atoms with E-state index in [-0.39, 0.29) is 0 Å². The van der Waals surface area contributed by atoms with Gasteiger partial charge in [-0.2, -0.15) is 0 Å². The third kappa shape index (κ3) is 3.45. The van der Waals surface area contributed by atoms with Crippen molar-refractivity contribution in [3.63, 3.8) is 0 Å². The van der Waals surface area contributed by atoms with Gasteiger partial charge in [-0.3, -0.25) is 4.98 Å². The van der Waals surface area contributed by atoms with Crippen LogP contribution in [-0.2, 0) is 6.61 Å². The van der Waals surface area contributed by atoms with Crippen molar-refractivity contribution in [1.82, 2.24) is 4.98 Å². The third-order valence-corrected chi connectivity index (χ3v) is 3.10. The lowest BCUT2D eigenvalue weighted by Crippen LogP contribution is -1.98. The van der Waals surface area contributed by atoms with Crippen LogP contribution in [0, 0.1) is 6.92 Å². The first kappa shape index (κ1) is 12.4. The average molecular weight is 313 g/mol. The number of rotatable bonds is 3. The van der Waals surface area contributed by atoms with Crippen molar-refractivity contribution in [3.8, 4) is 5.75 Å². The number of hydrogen-bond donors (Lipinski definition) is 0. The zero-order valence-electron chi connectivity index (χ0n) is 9.28. The molecule has 0 fully saturated rings. The van der Waals surface area contributed by atoms with Crippen LogP contribution in [0.3, 0.4) is 0 Å². The minimum absolute atomic E-state index is 0.405. The van der Waals surface area contributed by atoms with Gasteiger partial charge in [0.15, 0.2) is 0 Å². The van der Waals surface area contributed by atoms with E-state index in [0.717, 1.165) is 15.9 Å². The van der Waals surface area contributed by atoms with Crippen molar-refractivity contribution in [2.75, 3.05) is 0 Å². The lowest BCUT2D eigenvalue weighted by molar-refractivity contribution is 0.299. The number of nitrogens with zero attached hydrogens (tertiary/aromatic N) is 1. The van der Waals surface area contributed by atoms with Gasteiger partial charge in [-0.15, -0.1) is 0 Å². The van der Waals surface area contributed by atoms with Crippen molar-refractivity contribution in [1.29, 1.82) is 0 Å². The molecule has 0 radical (unpaired) electrons. The van der Waals surface area contributed by atoms with Crippen LogP contribution in [0.15, 0.2) is 41.0 Å². The summed E-state index contributed by atoms with van der Waals surface area (Å²) in [7, 11) is 0. The van der Waals surface area contributed by atoms with Gasteiger partial charge in [-0.1, -0.05) is 17.7 Å². The fraction of sp³-hybridized carbons (Fsp3) is 0.154. The molecule has 0 bridgehead atoms. The zero-order chi connectivity index (χ0) is 12.3. The van der Waals surface area contributed by atoms with Crippen LogP contribution in [0.1, 0.15) is 11.3 Å². The molecule has 0 spiro atoms. The first-order chi connectivity index (χ1) is 8.15. The predicted octanol–water partition coefficient (Wildman–Crippen LogP) is 4.38. The molecule has 0 aliphatic heterocycles. The van der Waals surface area contributed by atoms with Crippen LogP contribution in [-0.4, -0.2) is 4.98 Å². The Hall–Kier alpha value is -1.06. The summed E-state index contributed by atoms with van der Waals surface area (Å²) in [6.07, 6.45) is 1.67. The Kier molecular flexibility index (Phi) is 4.02. The van der Waals surface area contributed by atoms with Crippen molar-refractivity contribution >= 4 is 27.5 Å². The molecule has 0 unspecified atom stereocenters. The van der Waals surface area contributed by atoms with Crippen LogP contribution >= 0.6 is 27.5 Å². The van der Waals surface area contributed by atoms with Gasteiger partial charge >= 0.3 is 0 Å². The Morgan fingerprint density at radius 3 is 2.82 bits per heavy atom. The maximum Gasteiger partial charge on any atom is 0.134 e. The van der Waals surface area contributed by atoms with Crippen molar-refractivity contribution in [2.45, 2.75) is 13.5 Å². The number of aryl methyl sites for hydroxylation is 1. The number of aromatic nitrogens is 1. The molecule has 1 heterocycles. The summed E-state index contributed by atoms with van der Waals surface area (Å²) in [4.78, 5) is 4.18. The molecule has 0 aliphatic rings. The molecule has 0 N–H and O–H groups in total. The van der Waals surface area contributed by atoms with E-state index >= 15 is 0 Å². The Bertz CT molecular complexity index is 531. The molecule has 1 aromatic carbocycles. The summed E-state index contributed by atoms with van der Waals surface area (Å²) in [5, 5.41) is 0.668. The quantitative estimate of drug-likeness (QED) is 0.839. The topological polar surface area (TPSA) is 22.1 Å². The zero-order valence-corrected chi connectivity index (χ0v) is 11.6. The van der Waals surface area contributed by atoms with E-state index in [1.54, 1.807) is 18.3 Å². The van der Waals surface area contributed by atoms with E-state index in [9.17, 15) is 0 Å². The van der Waals surface area contributed by atoms with Crippen molar-refractivity contribution in [3.05, 3.63) is 57.3 Å². The molecule has 88 valence electrons. The Balaban J connectivity index is 2.07. The number of hydrogen-bond acceptors (Lipinski definition) is 2. The molecule has 0 saturated carbocycles. The fourth-order valence-corrected chi connectivity index (χ4v) is 2.19. The van der Waals surface area contributed by atoms with Crippen LogP contribution in [0.4, 0.5) is 0 Å². The molecular formula is C13H11BrClNO. The number of benzene rings is 1. The van der Waals surface area contributed by atoms with Crippen LogP contribution in [0.5, 0.6) is 5.75 Å². The maximum absolute atomic E-state index is 5.87. The summed E-state index contributed by atoms with van der Waals surface area (Å²) >= 11 is 9.34. The fourth-order valence-electron chi connectivity index (χ4n) is 1.40. The molecular weight excluding hydrogens is 302 g/mol. The van der Waals surface area contributed by atoms with E-state index in [4.69, 9.17) is 16.3 Å². The smallest absolute Gasteiger partial charge is 0.134 e. The van der Waals surface area contributed by atoms with Gasteiger partial charge in [0.05, 0.1) is 10.2 Å². The molecule has 0 atom stereocenters. The Morgan fingerprint density at radius 1 is 1.29 bits per heavy atom. The number of halogens is 2. The predicted molar refractivity (Wildman–Crippen MR) is 72.5 cm³/mol. The molecule has 0 aliphatic carbocycles. The number of ether oxygens (including phenoxy) is 1. The molecule has 2 rings (SSSR count). The van der Waals surface area contributed by atoms with E-state index in [1.807, 2.05) is 25.1 Å². The highest BCUT2D eigenvalue weighted by molar-refractivity contribution is 9.10. The summed E-state index contributed by atoms with van der Waals surface area (Å²) in [5.74, 6) is 0.803. The Labute approximate surface area is 114 Å². The van der Waals surface area contributed by atoms with Crippen LogP contribution < -0.4 is 4.74 Å². The molecule has 1 aromatic heterocycles. The molecule has 0 amide bonds. The Morgan fingerprint density at radius 2 is 2.12 bits per heavy atom. The highest BCUT2D eigenvalue weighted by Gasteiger charge is 2.02. The summed E-state index contributed by atoms with van der Waals surface area (Å²) in [5.41, 5.74) is 2.00. The molecule has 17 heavy (non-hydrogen) atoms. The minimum Gasteiger partial charge on any atom is -0.486 e. The molecule has 2 nitrogen and oxygen atoms in total. The molecule has 4 heteroatoms. The third-order valence-electron chi connectivity index (χ3n) is 2.24. The van der Waals surface area contributed by atoms with Gasteiger partial charge in [0.25, 0.3) is 0 Å². The second-order valence-electron chi connectivity index (χ2n) is 3.69. The van der Waals surface area contributed by atoms with E-state index in [1.165, 1.54) is 5.56 Å². The highest BCUT2D eigenvalue weighted by atomic mass is 79.9. The first-order valence-corrected chi connectivity index (χ1v) is 6.31. The number of pyridine rings is 1. The average Bonchev–Trinajstić information content (AvgIpc) is 2.28. The van der Waals surface area contributed by atoms with Crippen LogP contribution in [0.2, 0.25) is 5.02 Å². The molecule has 2 aromatic rings. The minimum atomic E-state index is 0.405. The molecule has 0 saturated heterocycles. The summed E-state index contributed by atoms with van der Waals surface area (Å²) in [6.45, 7) is 2.44. The first-order valence-electron chi connectivity index (χ1n) is 5.14. The monoisotopic (exact) mass is 311 g/mol. The van der Waals surface area contributed by atoms with Gasteiger partial charge in [0, 0.05) is 11.2 Å². The second-order valence-corrected chi connectivity index (χ2v) is 4.98. The van der Waals surface area contributed by atoms with Crippen molar-refractivity contribution < 1.29 is 4.74 Å². The second kappa shape index (κ2) is 5.52. The summed E-state index contributed by atoms with van der Waals surface area (Å²) in [6, 6.07) is 9.49. The van der Waals surface area contributed by atoms with E-state index in [2.05, 4.69) is 20.9 Å².